The van der Waals surface area contributed by atoms with Crippen molar-refractivity contribution in [1.29, 1.82) is 0 Å². The highest BCUT2D eigenvalue weighted by atomic mass is 16.5. The van der Waals surface area contributed by atoms with E-state index in [2.05, 4.69) is 0 Å². The van der Waals surface area contributed by atoms with Crippen molar-refractivity contribution in [2.75, 3.05) is 13.7 Å². The molecule has 3 nitrogen and oxygen atoms in total. The average molecular weight is 209 g/mol. The summed E-state index contributed by atoms with van der Waals surface area (Å²) in [7, 11) is 1.69. The van der Waals surface area contributed by atoms with E-state index < -0.39 is 0 Å². The lowest BCUT2D eigenvalue weighted by molar-refractivity contribution is 0.134. The summed E-state index contributed by atoms with van der Waals surface area (Å²) in [5.41, 5.74) is 6.67. The summed E-state index contributed by atoms with van der Waals surface area (Å²) < 4.78 is 10.8. The number of methoxy groups -OCH3 is 1. The van der Waals surface area contributed by atoms with Gasteiger partial charge in [0.2, 0.25) is 0 Å². The van der Waals surface area contributed by atoms with Crippen LogP contribution in [0, 0.1) is 0 Å². The molecule has 0 amide bonds. The van der Waals surface area contributed by atoms with Crippen molar-refractivity contribution in [1.82, 2.24) is 0 Å². The standard InChI is InChI=1S/C12H19NO2/c1-10(7-8-14-2)15-12-6-4-3-5-11(12)9-13/h3-6,10H,7-9,13H2,1-2H3. The smallest absolute Gasteiger partial charge is 0.124 e. The maximum atomic E-state index is 5.78. The molecule has 0 saturated carbocycles. The molecule has 0 radical (unpaired) electrons. The molecule has 2 N–H and O–H groups in total. The van der Waals surface area contributed by atoms with Gasteiger partial charge in [-0.05, 0) is 13.0 Å². The lowest BCUT2D eigenvalue weighted by atomic mass is 10.2. The zero-order valence-corrected chi connectivity index (χ0v) is 9.40. The van der Waals surface area contributed by atoms with Crippen LogP contribution in [0.2, 0.25) is 0 Å². The highest BCUT2D eigenvalue weighted by molar-refractivity contribution is 5.33. The Bertz CT molecular complexity index is 289. The second-order valence-corrected chi connectivity index (χ2v) is 3.52. The van der Waals surface area contributed by atoms with Crippen molar-refractivity contribution in [3.05, 3.63) is 29.8 Å². The van der Waals surface area contributed by atoms with E-state index in [0.29, 0.717) is 13.2 Å². The molecule has 0 bridgehead atoms. The minimum absolute atomic E-state index is 0.151. The van der Waals surface area contributed by atoms with Crippen molar-refractivity contribution in [3.63, 3.8) is 0 Å². The number of hydrogen-bond donors (Lipinski definition) is 1. The van der Waals surface area contributed by atoms with Crippen molar-refractivity contribution in [3.8, 4) is 5.75 Å². The molecule has 0 aliphatic rings. The van der Waals surface area contributed by atoms with Crippen LogP contribution in [0.25, 0.3) is 0 Å². The van der Waals surface area contributed by atoms with Gasteiger partial charge in [-0.1, -0.05) is 18.2 Å². The fourth-order valence-electron chi connectivity index (χ4n) is 1.35. The van der Waals surface area contributed by atoms with Gasteiger partial charge in [0.1, 0.15) is 5.75 Å². The van der Waals surface area contributed by atoms with E-state index in [1.54, 1.807) is 7.11 Å². The van der Waals surface area contributed by atoms with Gasteiger partial charge in [-0.15, -0.1) is 0 Å². The Hall–Kier alpha value is -1.06. The molecule has 0 aromatic heterocycles. The minimum Gasteiger partial charge on any atom is -0.490 e. The summed E-state index contributed by atoms with van der Waals surface area (Å²) in [6.45, 7) is 3.26. The molecular formula is C12H19NO2. The SMILES string of the molecule is COCCC(C)Oc1ccccc1CN. The van der Waals surface area contributed by atoms with Crippen LogP contribution >= 0.6 is 0 Å². The van der Waals surface area contributed by atoms with E-state index in [0.717, 1.165) is 17.7 Å². The van der Waals surface area contributed by atoms with Crippen molar-refractivity contribution in [2.24, 2.45) is 5.73 Å². The molecule has 0 heterocycles. The van der Waals surface area contributed by atoms with Crippen LogP contribution in [-0.4, -0.2) is 19.8 Å². The van der Waals surface area contributed by atoms with Crippen LogP contribution in [0.3, 0.4) is 0 Å². The van der Waals surface area contributed by atoms with Crippen LogP contribution in [0.1, 0.15) is 18.9 Å². The molecule has 0 aliphatic carbocycles. The van der Waals surface area contributed by atoms with E-state index in [-0.39, 0.29) is 6.10 Å². The number of para-hydroxylation sites is 1. The zero-order valence-electron chi connectivity index (χ0n) is 9.40. The van der Waals surface area contributed by atoms with Crippen LogP contribution in [0.4, 0.5) is 0 Å². The summed E-state index contributed by atoms with van der Waals surface area (Å²) in [5.74, 6) is 0.878. The number of nitrogens with two attached hydrogens (primary N) is 1. The molecule has 1 rings (SSSR count). The van der Waals surface area contributed by atoms with Gasteiger partial charge < -0.3 is 15.2 Å². The Kier molecular flexibility index (Phi) is 5.15. The van der Waals surface area contributed by atoms with Gasteiger partial charge in [-0.2, -0.15) is 0 Å². The van der Waals surface area contributed by atoms with Gasteiger partial charge in [-0.3, -0.25) is 0 Å². The Morgan fingerprint density at radius 1 is 1.33 bits per heavy atom. The first-order chi connectivity index (χ1) is 7.27. The van der Waals surface area contributed by atoms with Gasteiger partial charge in [-0.25, -0.2) is 0 Å². The maximum Gasteiger partial charge on any atom is 0.124 e. The fourth-order valence-corrected chi connectivity index (χ4v) is 1.35. The largest absolute Gasteiger partial charge is 0.490 e. The van der Waals surface area contributed by atoms with Crippen LogP contribution in [-0.2, 0) is 11.3 Å². The Morgan fingerprint density at radius 3 is 2.73 bits per heavy atom. The molecule has 0 fully saturated rings. The Labute approximate surface area is 91.2 Å². The maximum absolute atomic E-state index is 5.78. The predicted octanol–water partition coefficient (Wildman–Crippen LogP) is 1.95. The van der Waals surface area contributed by atoms with Gasteiger partial charge in [0, 0.05) is 32.2 Å². The van der Waals surface area contributed by atoms with E-state index in [9.17, 15) is 0 Å². The van der Waals surface area contributed by atoms with E-state index >= 15 is 0 Å². The molecule has 3 heteroatoms. The third-order valence-electron chi connectivity index (χ3n) is 2.25. The van der Waals surface area contributed by atoms with Gasteiger partial charge in [0.05, 0.1) is 6.10 Å². The molecule has 84 valence electrons. The second-order valence-electron chi connectivity index (χ2n) is 3.52. The van der Waals surface area contributed by atoms with Crippen molar-refractivity contribution in [2.45, 2.75) is 26.0 Å². The van der Waals surface area contributed by atoms with E-state index in [1.165, 1.54) is 0 Å². The zero-order chi connectivity index (χ0) is 11.1. The summed E-state index contributed by atoms with van der Waals surface area (Å²) in [5, 5.41) is 0. The third kappa shape index (κ3) is 3.90. The third-order valence-corrected chi connectivity index (χ3v) is 2.25. The highest BCUT2D eigenvalue weighted by Crippen LogP contribution is 2.19. The van der Waals surface area contributed by atoms with E-state index in [4.69, 9.17) is 15.2 Å². The summed E-state index contributed by atoms with van der Waals surface area (Å²) >= 11 is 0. The van der Waals surface area contributed by atoms with Crippen LogP contribution in [0.15, 0.2) is 24.3 Å². The lowest BCUT2D eigenvalue weighted by Crippen LogP contribution is -2.15. The average Bonchev–Trinajstić information content (AvgIpc) is 2.27. The predicted molar refractivity (Wildman–Crippen MR) is 60.9 cm³/mol. The minimum atomic E-state index is 0.151. The van der Waals surface area contributed by atoms with Crippen molar-refractivity contribution >= 4 is 0 Å². The fraction of sp³-hybridized carbons (Fsp3) is 0.500. The number of benzene rings is 1. The van der Waals surface area contributed by atoms with Gasteiger partial charge >= 0.3 is 0 Å². The Balaban J connectivity index is 2.55. The quantitative estimate of drug-likeness (QED) is 0.778. The molecule has 1 aromatic rings. The number of hydrogen-bond acceptors (Lipinski definition) is 3. The monoisotopic (exact) mass is 209 g/mol. The molecule has 1 unspecified atom stereocenters. The first-order valence-electron chi connectivity index (χ1n) is 5.21. The molecule has 1 atom stereocenters. The summed E-state index contributed by atoms with van der Waals surface area (Å²) in [6.07, 6.45) is 1.03. The van der Waals surface area contributed by atoms with E-state index in [1.807, 2.05) is 31.2 Å². The number of ether oxygens (including phenoxy) is 2. The summed E-state index contributed by atoms with van der Waals surface area (Å²) in [4.78, 5) is 0. The van der Waals surface area contributed by atoms with Gasteiger partial charge in [0.15, 0.2) is 0 Å². The molecule has 15 heavy (non-hydrogen) atoms. The van der Waals surface area contributed by atoms with Crippen LogP contribution in [0.5, 0.6) is 5.75 Å². The first-order valence-corrected chi connectivity index (χ1v) is 5.21. The molecular weight excluding hydrogens is 190 g/mol. The molecule has 0 saturated heterocycles. The second kappa shape index (κ2) is 6.43. The van der Waals surface area contributed by atoms with Gasteiger partial charge in [0.25, 0.3) is 0 Å². The lowest BCUT2D eigenvalue weighted by Gasteiger charge is -2.16. The van der Waals surface area contributed by atoms with Crippen LogP contribution < -0.4 is 10.5 Å². The first kappa shape index (κ1) is 12.0. The highest BCUT2D eigenvalue weighted by Gasteiger charge is 2.06. The molecule has 0 aliphatic heterocycles. The number of rotatable bonds is 6. The summed E-state index contributed by atoms with van der Waals surface area (Å²) in [6, 6.07) is 7.86. The molecule has 1 aromatic carbocycles. The normalized spacial score (nSPS) is 12.5. The van der Waals surface area contributed by atoms with Crippen molar-refractivity contribution < 1.29 is 9.47 Å². The topological polar surface area (TPSA) is 44.5 Å². The Morgan fingerprint density at radius 2 is 2.07 bits per heavy atom. The molecule has 0 spiro atoms.